The highest BCUT2D eigenvalue weighted by atomic mass is 16.5. The average Bonchev–Trinajstić information content (AvgIpc) is 2.43. The van der Waals surface area contributed by atoms with Crippen LogP contribution < -0.4 is 10.6 Å². The second-order valence-electron chi connectivity index (χ2n) is 5.77. The van der Waals surface area contributed by atoms with Gasteiger partial charge in [-0.1, -0.05) is 18.6 Å². The van der Waals surface area contributed by atoms with Gasteiger partial charge in [0.1, 0.15) is 0 Å². The SMILES string of the molecule is COCCNC(=O)C1=C(C)/C(=C/NCC2CCC2)CC=C1. The van der Waals surface area contributed by atoms with Gasteiger partial charge in [-0.3, -0.25) is 4.79 Å². The van der Waals surface area contributed by atoms with Gasteiger partial charge >= 0.3 is 0 Å². The molecule has 1 fully saturated rings. The van der Waals surface area contributed by atoms with Gasteiger partial charge in [0.15, 0.2) is 0 Å². The molecule has 4 nitrogen and oxygen atoms in total. The van der Waals surface area contributed by atoms with Crippen LogP contribution in [0.15, 0.2) is 35.1 Å². The van der Waals surface area contributed by atoms with Gasteiger partial charge in [0.2, 0.25) is 0 Å². The van der Waals surface area contributed by atoms with E-state index >= 15 is 0 Å². The lowest BCUT2D eigenvalue weighted by Gasteiger charge is -2.25. The van der Waals surface area contributed by atoms with E-state index < -0.39 is 0 Å². The van der Waals surface area contributed by atoms with Crippen LogP contribution in [0.5, 0.6) is 0 Å². The van der Waals surface area contributed by atoms with Crippen molar-refractivity contribution in [3.63, 3.8) is 0 Å². The van der Waals surface area contributed by atoms with E-state index in [0.717, 1.165) is 30.0 Å². The number of amides is 1. The molecule has 0 spiro atoms. The molecule has 2 N–H and O–H groups in total. The summed E-state index contributed by atoms with van der Waals surface area (Å²) in [6.45, 7) is 4.15. The van der Waals surface area contributed by atoms with Gasteiger partial charge in [-0.2, -0.15) is 0 Å². The van der Waals surface area contributed by atoms with Gasteiger partial charge < -0.3 is 15.4 Å². The molecule has 0 aliphatic heterocycles. The van der Waals surface area contributed by atoms with E-state index in [0.29, 0.717) is 13.2 Å². The van der Waals surface area contributed by atoms with Crippen molar-refractivity contribution in [2.75, 3.05) is 26.8 Å². The standard InChI is InChI=1S/C17H26N2O2/c1-13-15(12-18-11-14-5-3-6-14)7-4-8-16(13)17(20)19-9-10-21-2/h4,8,12,14,18H,3,5-7,9-11H2,1-2H3,(H,19,20)/b15-12+. The maximum atomic E-state index is 12.1. The summed E-state index contributed by atoms with van der Waals surface area (Å²) >= 11 is 0. The molecule has 0 atom stereocenters. The van der Waals surface area contributed by atoms with Gasteiger partial charge in [-0.15, -0.1) is 0 Å². The smallest absolute Gasteiger partial charge is 0.251 e. The summed E-state index contributed by atoms with van der Waals surface area (Å²) in [5.74, 6) is 0.812. The molecule has 1 amide bonds. The fraction of sp³-hybridized carbons (Fsp3) is 0.588. The zero-order valence-electron chi connectivity index (χ0n) is 13.1. The molecule has 0 bridgehead atoms. The van der Waals surface area contributed by atoms with E-state index in [1.807, 2.05) is 13.0 Å². The zero-order valence-corrected chi connectivity index (χ0v) is 13.1. The van der Waals surface area contributed by atoms with Gasteiger partial charge in [0.25, 0.3) is 5.91 Å². The van der Waals surface area contributed by atoms with Crippen LogP contribution >= 0.6 is 0 Å². The molecular weight excluding hydrogens is 264 g/mol. The van der Waals surface area contributed by atoms with Gasteiger partial charge in [0.05, 0.1) is 6.61 Å². The molecule has 2 aliphatic rings. The molecule has 0 aromatic carbocycles. The summed E-state index contributed by atoms with van der Waals surface area (Å²) in [6.07, 6.45) is 11.0. The highest BCUT2D eigenvalue weighted by Gasteiger charge is 2.17. The third-order valence-electron chi connectivity index (χ3n) is 4.25. The van der Waals surface area contributed by atoms with Crippen molar-refractivity contribution >= 4 is 5.91 Å². The molecule has 4 heteroatoms. The first-order chi connectivity index (χ1) is 10.2. The van der Waals surface area contributed by atoms with E-state index in [9.17, 15) is 4.79 Å². The van der Waals surface area contributed by atoms with Crippen molar-refractivity contribution in [3.05, 3.63) is 35.1 Å². The first-order valence-electron chi connectivity index (χ1n) is 7.79. The molecule has 0 aromatic rings. The highest BCUT2D eigenvalue weighted by Crippen LogP contribution is 2.26. The van der Waals surface area contributed by atoms with Crippen molar-refractivity contribution in [1.29, 1.82) is 0 Å². The molecule has 0 heterocycles. The number of rotatable bonds is 7. The van der Waals surface area contributed by atoms with Crippen LogP contribution in [0.25, 0.3) is 0 Å². The number of hydrogen-bond acceptors (Lipinski definition) is 3. The first kappa shape index (κ1) is 15.8. The number of hydrogen-bond donors (Lipinski definition) is 2. The molecule has 116 valence electrons. The topological polar surface area (TPSA) is 50.4 Å². The Balaban J connectivity index is 1.91. The van der Waals surface area contributed by atoms with Crippen molar-refractivity contribution in [2.24, 2.45) is 5.92 Å². The maximum Gasteiger partial charge on any atom is 0.251 e. The third kappa shape index (κ3) is 4.46. The fourth-order valence-corrected chi connectivity index (χ4v) is 2.58. The lowest BCUT2D eigenvalue weighted by Crippen LogP contribution is -2.29. The van der Waals surface area contributed by atoms with Crippen LogP contribution in [0.2, 0.25) is 0 Å². The Hall–Kier alpha value is -1.55. The van der Waals surface area contributed by atoms with E-state index in [-0.39, 0.29) is 5.91 Å². The summed E-state index contributed by atoms with van der Waals surface area (Å²) in [5.41, 5.74) is 3.02. The summed E-state index contributed by atoms with van der Waals surface area (Å²) in [4.78, 5) is 12.1. The van der Waals surface area contributed by atoms with Gasteiger partial charge in [-0.25, -0.2) is 0 Å². The Labute approximate surface area is 127 Å². The Morgan fingerprint density at radius 2 is 2.29 bits per heavy atom. The maximum absolute atomic E-state index is 12.1. The molecule has 0 saturated heterocycles. The Bertz CT molecular complexity index is 459. The van der Waals surface area contributed by atoms with Crippen LogP contribution in [0.1, 0.15) is 32.6 Å². The average molecular weight is 290 g/mol. The summed E-state index contributed by atoms with van der Waals surface area (Å²) in [5, 5.41) is 6.29. The van der Waals surface area contributed by atoms with Crippen molar-refractivity contribution in [1.82, 2.24) is 10.6 Å². The molecule has 21 heavy (non-hydrogen) atoms. The van der Waals surface area contributed by atoms with Crippen LogP contribution in [0.3, 0.4) is 0 Å². The molecule has 0 aromatic heterocycles. The summed E-state index contributed by atoms with van der Waals surface area (Å²) < 4.78 is 4.95. The van der Waals surface area contributed by atoms with Gasteiger partial charge in [0, 0.05) is 32.0 Å². The largest absolute Gasteiger partial charge is 0.390 e. The van der Waals surface area contributed by atoms with E-state index in [1.165, 1.54) is 24.8 Å². The molecule has 1 saturated carbocycles. The predicted octanol–water partition coefficient (Wildman–Crippen LogP) is 2.30. The van der Waals surface area contributed by atoms with E-state index in [4.69, 9.17) is 4.74 Å². The normalized spacial score (nSPS) is 20.6. The first-order valence-corrected chi connectivity index (χ1v) is 7.79. The monoisotopic (exact) mass is 290 g/mol. The Kier molecular flexibility index (Phi) is 6.05. The van der Waals surface area contributed by atoms with E-state index in [2.05, 4.69) is 22.9 Å². The highest BCUT2D eigenvalue weighted by molar-refractivity contribution is 5.98. The number of carbonyl (C=O) groups is 1. The quantitative estimate of drug-likeness (QED) is 0.707. The number of carbonyl (C=O) groups excluding carboxylic acids is 1. The predicted molar refractivity (Wildman–Crippen MR) is 84.8 cm³/mol. The van der Waals surface area contributed by atoms with Crippen molar-refractivity contribution < 1.29 is 9.53 Å². The minimum absolute atomic E-state index is 0.0228. The van der Waals surface area contributed by atoms with Crippen molar-refractivity contribution in [3.8, 4) is 0 Å². The molecule has 2 rings (SSSR count). The van der Waals surface area contributed by atoms with Crippen LogP contribution in [-0.4, -0.2) is 32.7 Å². The number of ether oxygens (including phenoxy) is 1. The van der Waals surface area contributed by atoms with E-state index in [1.54, 1.807) is 7.11 Å². The second-order valence-corrected chi connectivity index (χ2v) is 5.77. The minimum atomic E-state index is -0.0228. The number of nitrogens with one attached hydrogen (secondary N) is 2. The molecule has 0 radical (unpaired) electrons. The third-order valence-corrected chi connectivity index (χ3v) is 4.25. The molecule has 2 aliphatic carbocycles. The summed E-state index contributed by atoms with van der Waals surface area (Å²) in [7, 11) is 1.63. The Morgan fingerprint density at radius 3 is 2.95 bits per heavy atom. The Morgan fingerprint density at radius 1 is 1.48 bits per heavy atom. The minimum Gasteiger partial charge on any atom is -0.390 e. The van der Waals surface area contributed by atoms with Crippen LogP contribution in [0.4, 0.5) is 0 Å². The zero-order chi connectivity index (χ0) is 15.1. The summed E-state index contributed by atoms with van der Waals surface area (Å²) in [6, 6.07) is 0. The van der Waals surface area contributed by atoms with Crippen LogP contribution in [0, 0.1) is 5.92 Å². The fourth-order valence-electron chi connectivity index (χ4n) is 2.58. The molecule has 0 unspecified atom stereocenters. The van der Waals surface area contributed by atoms with Crippen LogP contribution in [-0.2, 0) is 9.53 Å². The lowest BCUT2D eigenvalue weighted by atomic mass is 9.85. The number of allylic oxidation sites excluding steroid dienone is 3. The van der Waals surface area contributed by atoms with Crippen molar-refractivity contribution in [2.45, 2.75) is 32.6 Å². The van der Waals surface area contributed by atoms with Gasteiger partial charge in [-0.05, 0) is 43.3 Å². The number of methoxy groups -OCH3 is 1. The lowest BCUT2D eigenvalue weighted by molar-refractivity contribution is -0.117. The molecular formula is C17H26N2O2. The second kappa shape index (κ2) is 8.03.